The Morgan fingerprint density at radius 3 is 2.46 bits per heavy atom. The van der Waals surface area contributed by atoms with E-state index in [0.29, 0.717) is 0 Å². The van der Waals surface area contributed by atoms with Crippen LogP contribution in [-0.4, -0.2) is 24.5 Å². The lowest BCUT2D eigenvalue weighted by molar-refractivity contribution is -0.153. The lowest BCUT2D eigenvalue weighted by Crippen LogP contribution is -2.16. The lowest BCUT2D eigenvalue weighted by Gasteiger charge is -2.16. The van der Waals surface area contributed by atoms with Crippen molar-refractivity contribution in [3.63, 3.8) is 0 Å². The lowest BCUT2D eigenvalue weighted by atomic mass is 10.6. The maximum Gasteiger partial charge on any atom is 0.412 e. The Labute approximate surface area is 82.7 Å². The van der Waals surface area contributed by atoms with E-state index >= 15 is 0 Å². The van der Waals surface area contributed by atoms with Gasteiger partial charge in [-0.25, -0.2) is 0 Å². The molecule has 0 aliphatic carbocycles. The molecule has 0 bridgehead atoms. The zero-order valence-electron chi connectivity index (χ0n) is 8.90. The molecule has 0 radical (unpaired) electrons. The highest BCUT2D eigenvalue weighted by Gasteiger charge is 2.32. The van der Waals surface area contributed by atoms with Gasteiger partial charge in [0.15, 0.2) is 0 Å². The van der Waals surface area contributed by atoms with Crippen LogP contribution in [0.5, 0.6) is 0 Å². The fourth-order valence-corrected chi connectivity index (χ4v) is 2.21. The van der Waals surface area contributed by atoms with Crippen LogP contribution in [0.25, 0.3) is 0 Å². The Kier molecular flexibility index (Phi) is 3.94. The Bertz CT molecular complexity index is 254. The van der Waals surface area contributed by atoms with Crippen LogP contribution < -0.4 is 0 Å². The van der Waals surface area contributed by atoms with Crippen molar-refractivity contribution in [2.75, 3.05) is 18.3 Å². The fourth-order valence-electron chi connectivity index (χ4n) is 0.603. The van der Waals surface area contributed by atoms with E-state index in [0.717, 1.165) is 0 Å². The van der Waals surface area contributed by atoms with Gasteiger partial charge in [-0.2, -0.15) is 13.2 Å². The van der Waals surface area contributed by atoms with Crippen LogP contribution in [-0.2, 0) is 9.09 Å². The molecule has 0 aromatic carbocycles. The SMILES string of the molecule is [2H]C([2H])(Cl)P(=O)(CCC)OCC(F)(F)F. The van der Waals surface area contributed by atoms with Crippen molar-refractivity contribution in [1.82, 2.24) is 0 Å². The van der Waals surface area contributed by atoms with Crippen LogP contribution >= 0.6 is 19.0 Å². The molecular formula is C6H11ClF3O2P. The van der Waals surface area contributed by atoms with E-state index in [1.54, 1.807) is 6.92 Å². The number of hydrogen-bond acceptors (Lipinski definition) is 2. The normalized spacial score (nSPS) is 20.4. The van der Waals surface area contributed by atoms with E-state index in [2.05, 4.69) is 4.52 Å². The average Bonchev–Trinajstić information content (AvgIpc) is 1.98. The fraction of sp³-hybridized carbons (Fsp3) is 1.00. The molecule has 0 aliphatic rings. The summed E-state index contributed by atoms with van der Waals surface area (Å²) < 4.78 is 65.1. The standard InChI is InChI=1S/C6H11ClF3O2P/c1-2-3-13(11,5-7)12-4-6(8,9)10/h2-5H2,1H3/i5D2. The number of hydrogen-bond donors (Lipinski definition) is 0. The first kappa shape index (κ1) is 9.81. The van der Waals surface area contributed by atoms with Crippen molar-refractivity contribution in [2.45, 2.75) is 19.5 Å². The number of alkyl halides is 4. The predicted octanol–water partition coefficient (Wildman–Crippen LogP) is 3.45. The van der Waals surface area contributed by atoms with Crippen molar-refractivity contribution >= 4 is 19.0 Å². The summed E-state index contributed by atoms with van der Waals surface area (Å²) in [6.07, 6.45) is -4.74. The van der Waals surface area contributed by atoms with Gasteiger partial charge in [-0.3, -0.25) is 4.57 Å². The molecule has 0 N–H and O–H groups in total. The van der Waals surface area contributed by atoms with E-state index in [9.17, 15) is 17.7 Å². The molecule has 0 saturated heterocycles. The molecule has 0 aliphatic heterocycles. The summed E-state index contributed by atoms with van der Waals surface area (Å²) in [5.41, 5.74) is -2.77. The first-order valence-corrected chi connectivity index (χ1v) is 5.70. The van der Waals surface area contributed by atoms with Crippen molar-refractivity contribution < 1.29 is 25.0 Å². The zero-order valence-corrected chi connectivity index (χ0v) is 8.55. The smallest absolute Gasteiger partial charge is 0.318 e. The third-order valence-corrected chi connectivity index (χ3v) is 3.70. The third kappa shape index (κ3) is 6.36. The van der Waals surface area contributed by atoms with Gasteiger partial charge in [0.1, 0.15) is 6.61 Å². The van der Waals surface area contributed by atoms with Crippen molar-refractivity contribution in [3.05, 3.63) is 0 Å². The summed E-state index contributed by atoms with van der Waals surface area (Å²) >= 11 is 5.13. The topological polar surface area (TPSA) is 26.3 Å². The van der Waals surface area contributed by atoms with E-state index in [1.807, 2.05) is 0 Å². The van der Waals surface area contributed by atoms with E-state index in [4.69, 9.17) is 14.3 Å². The summed E-state index contributed by atoms with van der Waals surface area (Å²) in [6, 6.07) is 0. The molecule has 80 valence electrons. The molecule has 0 saturated carbocycles. The molecular weight excluding hydrogens is 227 g/mol. The van der Waals surface area contributed by atoms with Gasteiger partial charge >= 0.3 is 6.18 Å². The maximum atomic E-state index is 11.8. The van der Waals surface area contributed by atoms with Gasteiger partial charge in [-0.05, 0) is 6.42 Å². The Morgan fingerprint density at radius 2 is 2.15 bits per heavy atom. The molecule has 0 fully saturated rings. The average molecular weight is 241 g/mol. The van der Waals surface area contributed by atoms with Gasteiger partial charge < -0.3 is 4.52 Å². The Morgan fingerprint density at radius 1 is 1.62 bits per heavy atom. The van der Waals surface area contributed by atoms with Crippen molar-refractivity contribution in [1.29, 1.82) is 0 Å². The highest BCUT2D eigenvalue weighted by atomic mass is 35.5. The van der Waals surface area contributed by atoms with Crippen LogP contribution in [0.3, 0.4) is 0 Å². The predicted molar refractivity (Wildman–Crippen MR) is 45.5 cm³/mol. The minimum atomic E-state index is -4.65. The Balaban J connectivity index is 4.62. The maximum absolute atomic E-state index is 11.8. The van der Waals surface area contributed by atoms with E-state index in [-0.39, 0.29) is 12.6 Å². The summed E-state index contributed by atoms with van der Waals surface area (Å²) in [6.45, 7) is -0.206. The Hall–Kier alpha value is 0.270. The molecule has 0 aromatic rings. The molecule has 1 atom stereocenters. The molecule has 0 aromatic heterocycles. The summed E-state index contributed by atoms with van der Waals surface area (Å²) in [5, 5.41) is 0. The third-order valence-electron chi connectivity index (χ3n) is 1.08. The van der Waals surface area contributed by atoms with Crippen LogP contribution in [0.15, 0.2) is 0 Å². The molecule has 13 heavy (non-hydrogen) atoms. The van der Waals surface area contributed by atoms with Crippen molar-refractivity contribution in [2.24, 2.45) is 0 Å². The zero-order chi connectivity index (χ0) is 12.3. The minimum absolute atomic E-state index is 0.224. The highest BCUT2D eigenvalue weighted by molar-refractivity contribution is 7.60. The molecule has 1 unspecified atom stereocenters. The number of rotatable bonds is 5. The second-order valence-electron chi connectivity index (χ2n) is 2.37. The second-order valence-corrected chi connectivity index (χ2v) is 5.10. The van der Waals surface area contributed by atoms with Gasteiger partial charge in [-0.1, -0.05) is 6.92 Å². The van der Waals surface area contributed by atoms with E-state index < -0.39 is 25.7 Å². The highest BCUT2D eigenvalue weighted by Crippen LogP contribution is 2.49. The van der Waals surface area contributed by atoms with Crippen LogP contribution in [0, 0.1) is 0 Å². The van der Waals surface area contributed by atoms with Crippen LogP contribution in [0.2, 0.25) is 0 Å². The molecule has 0 heterocycles. The monoisotopic (exact) mass is 240 g/mol. The minimum Gasteiger partial charge on any atom is -0.318 e. The second kappa shape index (κ2) is 5.23. The molecule has 2 nitrogen and oxygen atoms in total. The van der Waals surface area contributed by atoms with Gasteiger partial charge in [-0.15, -0.1) is 11.6 Å². The van der Waals surface area contributed by atoms with Gasteiger partial charge in [0.05, 0.1) is 8.31 Å². The van der Waals surface area contributed by atoms with Crippen LogP contribution in [0.1, 0.15) is 16.1 Å². The summed E-state index contributed by atoms with van der Waals surface area (Å²) in [7, 11) is -4.12. The largest absolute Gasteiger partial charge is 0.412 e. The van der Waals surface area contributed by atoms with Gasteiger partial charge in [0.2, 0.25) is 7.37 Å². The van der Waals surface area contributed by atoms with Crippen molar-refractivity contribution in [3.8, 4) is 0 Å². The quantitative estimate of drug-likeness (QED) is 0.543. The molecule has 0 rings (SSSR count). The van der Waals surface area contributed by atoms with Gasteiger partial charge in [0, 0.05) is 6.16 Å². The summed E-state index contributed by atoms with van der Waals surface area (Å²) in [5.74, 6) is 0. The molecule has 7 heteroatoms. The summed E-state index contributed by atoms with van der Waals surface area (Å²) in [4.78, 5) is 0. The number of halogens is 4. The molecule has 0 amide bonds. The molecule has 0 spiro atoms. The van der Waals surface area contributed by atoms with E-state index in [1.165, 1.54) is 0 Å². The van der Waals surface area contributed by atoms with Gasteiger partial charge in [0.25, 0.3) is 0 Å². The first-order chi connectivity index (χ1) is 6.52. The van der Waals surface area contributed by atoms with Crippen LogP contribution in [0.4, 0.5) is 13.2 Å². The first-order valence-electron chi connectivity index (χ1n) is 4.51.